The molecule has 2 rings (SSSR count). The zero-order valence-corrected chi connectivity index (χ0v) is 10.1. The highest BCUT2D eigenvalue weighted by Gasteiger charge is 2.44. The fourth-order valence-corrected chi connectivity index (χ4v) is 3.00. The molecular formula is C12H22N2O3. The Morgan fingerprint density at radius 2 is 1.71 bits per heavy atom. The highest BCUT2D eigenvalue weighted by atomic mass is 16.3. The van der Waals surface area contributed by atoms with Gasteiger partial charge in [-0.15, -0.1) is 0 Å². The summed E-state index contributed by atoms with van der Waals surface area (Å²) in [6.07, 6.45) is 3.31. The number of β-amino-alcohol motifs (C(OH)–C–C–N with tert-alkyl or cyclic N) is 2. The van der Waals surface area contributed by atoms with E-state index in [1.54, 1.807) is 4.90 Å². The van der Waals surface area contributed by atoms with E-state index in [9.17, 15) is 15.0 Å². The van der Waals surface area contributed by atoms with Crippen LogP contribution >= 0.6 is 0 Å². The van der Waals surface area contributed by atoms with Gasteiger partial charge < -0.3 is 20.8 Å². The predicted octanol–water partition coefficient (Wildman–Crippen LogP) is -0.540. The van der Waals surface area contributed by atoms with E-state index in [1.807, 2.05) is 0 Å². The van der Waals surface area contributed by atoms with Gasteiger partial charge in [-0.3, -0.25) is 4.79 Å². The van der Waals surface area contributed by atoms with E-state index in [0.29, 0.717) is 6.54 Å². The Kier molecular flexibility index (Phi) is 3.70. The van der Waals surface area contributed by atoms with Crippen LogP contribution in [-0.2, 0) is 4.79 Å². The molecule has 0 radical (unpaired) electrons. The van der Waals surface area contributed by atoms with E-state index in [-0.39, 0.29) is 19.0 Å². The Bertz CT molecular complexity index is 279. The van der Waals surface area contributed by atoms with Crippen LogP contribution in [0, 0.1) is 5.41 Å². The summed E-state index contributed by atoms with van der Waals surface area (Å²) in [5.74, 6) is 0.0234. The monoisotopic (exact) mass is 242 g/mol. The van der Waals surface area contributed by atoms with Crippen LogP contribution in [0.4, 0.5) is 0 Å². The minimum Gasteiger partial charge on any atom is -0.388 e. The second-order valence-electron chi connectivity index (χ2n) is 5.39. The van der Waals surface area contributed by atoms with Gasteiger partial charge in [-0.1, -0.05) is 19.3 Å². The molecule has 2 fully saturated rings. The number of aliphatic hydroxyl groups is 2. The largest absolute Gasteiger partial charge is 0.388 e. The predicted molar refractivity (Wildman–Crippen MR) is 63.2 cm³/mol. The van der Waals surface area contributed by atoms with Gasteiger partial charge in [-0.2, -0.15) is 0 Å². The summed E-state index contributed by atoms with van der Waals surface area (Å²) in [6.45, 7) is 0.845. The van der Waals surface area contributed by atoms with Crippen molar-refractivity contribution < 1.29 is 15.0 Å². The minimum atomic E-state index is -0.808. The topological polar surface area (TPSA) is 86.8 Å². The summed E-state index contributed by atoms with van der Waals surface area (Å²) in [6, 6.07) is 0. The number of aliphatic hydroxyl groups excluding tert-OH is 2. The number of nitrogens with zero attached hydrogens (tertiary/aromatic N) is 1. The third kappa shape index (κ3) is 2.32. The number of hydrogen-bond acceptors (Lipinski definition) is 4. The quantitative estimate of drug-likeness (QED) is 0.607. The molecular weight excluding hydrogens is 220 g/mol. The molecule has 17 heavy (non-hydrogen) atoms. The van der Waals surface area contributed by atoms with E-state index in [1.165, 1.54) is 6.42 Å². The molecule has 5 heteroatoms. The fraction of sp³-hybridized carbons (Fsp3) is 0.917. The fourth-order valence-electron chi connectivity index (χ4n) is 3.00. The molecule has 1 saturated heterocycles. The van der Waals surface area contributed by atoms with Gasteiger partial charge in [0.05, 0.1) is 17.6 Å². The van der Waals surface area contributed by atoms with Gasteiger partial charge in [0.15, 0.2) is 0 Å². The number of hydrogen-bond donors (Lipinski definition) is 3. The summed E-state index contributed by atoms with van der Waals surface area (Å²) in [4.78, 5) is 14.0. The minimum absolute atomic E-state index is 0.0234. The van der Waals surface area contributed by atoms with Crippen molar-refractivity contribution in [2.24, 2.45) is 11.1 Å². The highest BCUT2D eigenvalue weighted by molar-refractivity contribution is 5.83. The number of rotatable bonds is 2. The second-order valence-corrected chi connectivity index (χ2v) is 5.39. The number of amides is 1. The van der Waals surface area contributed by atoms with Crippen LogP contribution in [0.3, 0.4) is 0 Å². The molecule has 5 nitrogen and oxygen atoms in total. The number of carbonyl (C=O) groups excluding carboxylic acids is 1. The Morgan fingerprint density at radius 1 is 1.18 bits per heavy atom. The highest BCUT2D eigenvalue weighted by Crippen LogP contribution is 2.37. The van der Waals surface area contributed by atoms with Crippen LogP contribution in [0.25, 0.3) is 0 Å². The van der Waals surface area contributed by atoms with Gasteiger partial charge in [0.2, 0.25) is 5.91 Å². The molecule has 2 aliphatic rings. The summed E-state index contributed by atoms with van der Waals surface area (Å²) < 4.78 is 0. The van der Waals surface area contributed by atoms with Crippen molar-refractivity contribution in [3.63, 3.8) is 0 Å². The van der Waals surface area contributed by atoms with Gasteiger partial charge in [0, 0.05) is 19.6 Å². The first-order valence-electron chi connectivity index (χ1n) is 6.45. The second kappa shape index (κ2) is 4.92. The third-order valence-corrected chi connectivity index (χ3v) is 4.20. The zero-order valence-electron chi connectivity index (χ0n) is 10.1. The van der Waals surface area contributed by atoms with E-state index in [2.05, 4.69) is 0 Å². The Labute approximate surface area is 102 Å². The smallest absolute Gasteiger partial charge is 0.230 e. The first-order chi connectivity index (χ1) is 8.09. The van der Waals surface area contributed by atoms with Gasteiger partial charge in [0.25, 0.3) is 0 Å². The van der Waals surface area contributed by atoms with Crippen LogP contribution < -0.4 is 5.73 Å². The molecule has 0 aromatic rings. The molecule has 98 valence electrons. The molecule has 0 aromatic heterocycles. The molecule has 2 unspecified atom stereocenters. The average molecular weight is 242 g/mol. The summed E-state index contributed by atoms with van der Waals surface area (Å²) in [5, 5.41) is 19.0. The molecule has 1 aliphatic carbocycles. The number of likely N-dealkylation sites (tertiary alicyclic amines) is 1. The maximum atomic E-state index is 12.5. The number of nitrogens with two attached hydrogens (primary N) is 1. The lowest BCUT2D eigenvalue weighted by Gasteiger charge is -2.37. The van der Waals surface area contributed by atoms with Crippen molar-refractivity contribution in [2.45, 2.75) is 44.3 Å². The Hall–Kier alpha value is -0.650. The molecule has 0 spiro atoms. The van der Waals surface area contributed by atoms with E-state index in [0.717, 1.165) is 25.7 Å². The maximum Gasteiger partial charge on any atom is 0.230 e. The third-order valence-electron chi connectivity index (χ3n) is 4.20. The first kappa shape index (κ1) is 12.8. The lowest BCUT2D eigenvalue weighted by atomic mass is 9.73. The van der Waals surface area contributed by atoms with Crippen LogP contribution in [0.2, 0.25) is 0 Å². The van der Waals surface area contributed by atoms with Gasteiger partial charge >= 0.3 is 0 Å². The Morgan fingerprint density at radius 3 is 2.18 bits per heavy atom. The van der Waals surface area contributed by atoms with E-state index >= 15 is 0 Å². The van der Waals surface area contributed by atoms with Gasteiger partial charge in [-0.05, 0) is 12.8 Å². The van der Waals surface area contributed by atoms with Crippen molar-refractivity contribution in [1.82, 2.24) is 4.90 Å². The molecule has 1 aliphatic heterocycles. The van der Waals surface area contributed by atoms with Gasteiger partial charge in [-0.25, -0.2) is 0 Å². The molecule has 2 atom stereocenters. The van der Waals surface area contributed by atoms with Crippen molar-refractivity contribution in [3.8, 4) is 0 Å². The van der Waals surface area contributed by atoms with Crippen molar-refractivity contribution in [3.05, 3.63) is 0 Å². The SMILES string of the molecule is NCC1(C(=O)N2CC(O)C(O)C2)CCCCC1. The van der Waals surface area contributed by atoms with Gasteiger partial charge in [0.1, 0.15) is 0 Å². The average Bonchev–Trinajstić information content (AvgIpc) is 2.69. The molecule has 4 N–H and O–H groups in total. The van der Waals surface area contributed by atoms with Crippen LogP contribution in [0.5, 0.6) is 0 Å². The summed E-state index contributed by atoms with van der Waals surface area (Å²) >= 11 is 0. The van der Waals surface area contributed by atoms with Crippen molar-refractivity contribution in [1.29, 1.82) is 0 Å². The van der Waals surface area contributed by atoms with E-state index < -0.39 is 17.6 Å². The van der Waals surface area contributed by atoms with Crippen LogP contribution in [-0.4, -0.2) is 52.9 Å². The lowest BCUT2D eigenvalue weighted by Crippen LogP contribution is -2.48. The Balaban J connectivity index is 2.07. The van der Waals surface area contributed by atoms with Crippen molar-refractivity contribution in [2.75, 3.05) is 19.6 Å². The zero-order chi connectivity index (χ0) is 12.5. The molecule has 1 amide bonds. The molecule has 1 heterocycles. The van der Waals surface area contributed by atoms with Crippen LogP contribution in [0.1, 0.15) is 32.1 Å². The molecule has 0 bridgehead atoms. The van der Waals surface area contributed by atoms with E-state index in [4.69, 9.17) is 5.73 Å². The summed E-state index contributed by atoms with van der Waals surface area (Å²) in [5.41, 5.74) is 5.36. The lowest BCUT2D eigenvalue weighted by molar-refractivity contribution is -0.143. The maximum absolute atomic E-state index is 12.5. The standard InChI is InChI=1S/C12H22N2O3/c13-8-12(4-2-1-3-5-12)11(17)14-6-9(15)10(16)7-14/h9-10,15-16H,1-8,13H2. The number of carbonyl (C=O) groups is 1. The first-order valence-corrected chi connectivity index (χ1v) is 6.45. The van der Waals surface area contributed by atoms with Crippen molar-refractivity contribution >= 4 is 5.91 Å². The summed E-state index contributed by atoms with van der Waals surface area (Å²) in [7, 11) is 0. The molecule has 1 saturated carbocycles. The normalized spacial score (nSPS) is 32.8. The molecule has 0 aromatic carbocycles. The van der Waals surface area contributed by atoms with Crippen LogP contribution in [0.15, 0.2) is 0 Å².